The summed E-state index contributed by atoms with van der Waals surface area (Å²) in [6.07, 6.45) is 6.61. The van der Waals surface area contributed by atoms with E-state index in [-0.39, 0.29) is 0 Å². The lowest BCUT2D eigenvalue weighted by Gasteiger charge is -2.89. The molecule has 6 saturated carbocycles. The Hall–Kier alpha value is 0. The molecule has 0 aromatic heterocycles. The molecule has 6 aliphatic carbocycles. The Morgan fingerprint density at radius 2 is 1.46 bits per heavy atom. The molecule has 0 aliphatic heterocycles. The molecule has 6 fully saturated rings. The molecule has 6 aliphatic rings. The van der Waals surface area contributed by atoms with Crippen LogP contribution in [0.25, 0.3) is 0 Å². The van der Waals surface area contributed by atoms with Gasteiger partial charge in [-0.2, -0.15) is 0 Å². The first-order valence-electron chi connectivity index (χ1n) is 6.44. The van der Waals surface area contributed by atoms with Crippen molar-refractivity contribution in [2.45, 2.75) is 25.7 Å². The first-order chi connectivity index (χ1) is 6.44. The van der Waals surface area contributed by atoms with Crippen LogP contribution in [0.2, 0.25) is 0 Å². The summed E-state index contributed by atoms with van der Waals surface area (Å²) in [5, 5.41) is 0. The summed E-state index contributed by atoms with van der Waals surface area (Å²) in [5.41, 5.74) is 1.06. The summed E-state index contributed by atoms with van der Waals surface area (Å²) in [6.45, 7) is 0. The van der Waals surface area contributed by atoms with E-state index in [9.17, 15) is 0 Å². The van der Waals surface area contributed by atoms with E-state index in [4.69, 9.17) is 0 Å². The van der Waals surface area contributed by atoms with Gasteiger partial charge in [0.2, 0.25) is 0 Å². The first-order valence-corrected chi connectivity index (χ1v) is 6.44. The molecular formula is C13H16. The van der Waals surface area contributed by atoms with Gasteiger partial charge in [-0.15, -0.1) is 0 Å². The summed E-state index contributed by atoms with van der Waals surface area (Å²) in [4.78, 5) is 0. The molecule has 6 atom stereocenters. The summed E-state index contributed by atoms with van der Waals surface area (Å²) in [6, 6.07) is 0. The van der Waals surface area contributed by atoms with Crippen molar-refractivity contribution in [1.82, 2.24) is 0 Å². The molecule has 0 aromatic carbocycles. The summed E-state index contributed by atoms with van der Waals surface area (Å²) < 4.78 is 0. The smallest absolute Gasteiger partial charge is 0.0173 e. The van der Waals surface area contributed by atoms with Gasteiger partial charge in [-0.25, -0.2) is 0 Å². The average molecular weight is 172 g/mol. The Labute approximate surface area is 79.1 Å². The Bertz CT molecular complexity index is 316. The molecule has 0 aromatic rings. The predicted octanol–water partition coefficient (Wildman–Crippen LogP) is 2.54. The van der Waals surface area contributed by atoms with E-state index in [0.717, 1.165) is 5.41 Å². The van der Waals surface area contributed by atoms with Crippen LogP contribution >= 0.6 is 0 Å². The fourth-order valence-electron chi connectivity index (χ4n) is 7.66. The highest BCUT2D eigenvalue weighted by Crippen LogP contribution is 2.97. The Morgan fingerprint density at radius 3 is 1.92 bits per heavy atom. The lowest BCUT2D eigenvalue weighted by Crippen LogP contribution is -2.85. The summed E-state index contributed by atoms with van der Waals surface area (Å²) in [5.74, 6) is 10.2. The zero-order valence-corrected chi connectivity index (χ0v) is 7.95. The van der Waals surface area contributed by atoms with Gasteiger partial charge in [-0.05, 0) is 78.4 Å². The first kappa shape index (κ1) is 5.78. The zero-order chi connectivity index (χ0) is 7.95. The van der Waals surface area contributed by atoms with E-state index < -0.39 is 0 Å². The minimum atomic E-state index is 1.06. The Kier molecular flexibility index (Phi) is 0.558. The van der Waals surface area contributed by atoms with Crippen LogP contribution in [-0.4, -0.2) is 0 Å². The van der Waals surface area contributed by atoms with E-state index in [0.29, 0.717) is 0 Å². The number of hydrogen-bond acceptors (Lipinski definition) is 0. The molecule has 1 spiro atoms. The van der Waals surface area contributed by atoms with E-state index in [1.54, 1.807) is 25.7 Å². The fraction of sp³-hybridized carbons (Fsp3) is 1.00. The van der Waals surface area contributed by atoms with Crippen molar-refractivity contribution in [1.29, 1.82) is 0 Å². The Balaban J connectivity index is 1.61. The topological polar surface area (TPSA) is 0 Å². The molecule has 0 N–H and O–H groups in total. The molecule has 6 rings (SSSR count). The molecule has 0 nitrogen and oxygen atoms in total. The largest absolute Gasteiger partial charge is 0.0496 e. The Morgan fingerprint density at radius 1 is 0.846 bits per heavy atom. The molecule has 0 radical (unpaired) electrons. The minimum absolute atomic E-state index is 1.06. The SMILES string of the molecule is C1CC2C1C1C3CC4CC5C2C1C435. The van der Waals surface area contributed by atoms with Crippen LogP contribution in [0.4, 0.5) is 0 Å². The maximum Gasteiger partial charge on any atom is -0.0173 e. The molecule has 68 valence electrons. The lowest BCUT2D eigenvalue weighted by molar-refractivity contribution is -0.424. The second-order valence-corrected chi connectivity index (χ2v) is 6.97. The molecule has 6 unspecified atom stereocenters. The molecule has 0 heterocycles. The van der Waals surface area contributed by atoms with Crippen molar-refractivity contribution in [3.63, 3.8) is 0 Å². The monoisotopic (exact) mass is 172 g/mol. The van der Waals surface area contributed by atoms with Crippen LogP contribution < -0.4 is 0 Å². The second-order valence-electron chi connectivity index (χ2n) is 6.97. The van der Waals surface area contributed by atoms with Gasteiger partial charge in [-0.1, -0.05) is 0 Å². The zero-order valence-electron chi connectivity index (χ0n) is 7.95. The molecular weight excluding hydrogens is 156 g/mol. The van der Waals surface area contributed by atoms with Crippen molar-refractivity contribution in [3.05, 3.63) is 0 Å². The standard InChI is InChI=1S/C13H16/c1-2-7-6(1)10-8-3-5-4-9-11(7)12(10)13(5,8)9/h5-12H,1-4H2. The third kappa shape index (κ3) is 0.284. The van der Waals surface area contributed by atoms with Crippen molar-refractivity contribution in [2.24, 2.45) is 52.8 Å². The number of hydrogen-bond donors (Lipinski definition) is 0. The minimum Gasteiger partial charge on any atom is -0.0496 e. The van der Waals surface area contributed by atoms with Crippen LogP contribution in [-0.2, 0) is 0 Å². The molecule has 0 heteroatoms. The summed E-state index contributed by atoms with van der Waals surface area (Å²) in [7, 11) is 0. The highest BCUT2D eigenvalue weighted by molar-refractivity contribution is 5.39. The fourth-order valence-corrected chi connectivity index (χ4v) is 7.66. The van der Waals surface area contributed by atoms with Crippen molar-refractivity contribution < 1.29 is 0 Å². The molecule has 0 saturated heterocycles. The second kappa shape index (κ2) is 1.26. The van der Waals surface area contributed by atoms with Gasteiger partial charge in [0.05, 0.1) is 0 Å². The maximum atomic E-state index is 1.67. The number of rotatable bonds is 0. The highest BCUT2D eigenvalue weighted by atomic mass is 15.0. The van der Waals surface area contributed by atoms with E-state index in [1.807, 2.05) is 0 Å². The van der Waals surface area contributed by atoms with Gasteiger partial charge in [0.1, 0.15) is 0 Å². The normalized spacial score (nSPS) is 88.6. The average Bonchev–Trinajstić information content (AvgIpc) is 2.12. The third-order valence-corrected chi connectivity index (χ3v) is 7.78. The van der Waals surface area contributed by atoms with Gasteiger partial charge in [-0.3, -0.25) is 0 Å². The highest BCUT2D eigenvalue weighted by Gasteiger charge is 2.92. The maximum absolute atomic E-state index is 1.67. The van der Waals surface area contributed by atoms with Crippen LogP contribution in [0.1, 0.15) is 25.7 Å². The van der Waals surface area contributed by atoms with Crippen LogP contribution in [0.15, 0.2) is 0 Å². The van der Waals surface area contributed by atoms with Gasteiger partial charge in [0.15, 0.2) is 0 Å². The van der Waals surface area contributed by atoms with Gasteiger partial charge >= 0.3 is 0 Å². The van der Waals surface area contributed by atoms with Crippen molar-refractivity contribution in [2.75, 3.05) is 0 Å². The van der Waals surface area contributed by atoms with E-state index >= 15 is 0 Å². The summed E-state index contributed by atoms with van der Waals surface area (Å²) >= 11 is 0. The van der Waals surface area contributed by atoms with Crippen LogP contribution in [0.5, 0.6) is 0 Å². The van der Waals surface area contributed by atoms with E-state index in [1.165, 1.54) is 47.3 Å². The van der Waals surface area contributed by atoms with Gasteiger partial charge in [0, 0.05) is 0 Å². The number of fused-ring (bicyclic) bond motifs is 5. The van der Waals surface area contributed by atoms with Crippen molar-refractivity contribution in [3.8, 4) is 0 Å². The quantitative estimate of drug-likeness (QED) is 0.527. The van der Waals surface area contributed by atoms with E-state index in [2.05, 4.69) is 0 Å². The third-order valence-electron chi connectivity index (χ3n) is 7.78. The molecule has 13 heavy (non-hydrogen) atoms. The lowest BCUT2D eigenvalue weighted by atomic mass is 9.15. The van der Waals surface area contributed by atoms with Crippen molar-refractivity contribution >= 4 is 0 Å². The van der Waals surface area contributed by atoms with Crippen LogP contribution in [0, 0.1) is 52.8 Å². The predicted molar refractivity (Wildman–Crippen MR) is 48.8 cm³/mol. The van der Waals surface area contributed by atoms with Gasteiger partial charge in [0.25, 0.3) is 0 Å². The molecule has 0 bridgehead atoms. The van der Waals surface area contributed by atoms with Gasteiger partial charge < -0.3 is 0 Å². The molecule has 0 amide bonds. The van der Waals surface area contributed by atoms with Crippen LogP contribution in [0.3, 0.4) is 0 Å².